The van der Waals surface area contributed by atoms with Gasteiger partial charge in [-0.1, -0.05) is 27.7 Å². The van der Waals surface area contributed by atoms with Crippen molar-refractivity contribution in [2.45, 2.75) is 59.0 Å². The molecule has 0 aliphatic carbocycles. The van der Waals surface area contributed by atoms with Crippen LogP contribution in [0, 0.1) is 5.92 Å². The molecule has 0 saturated heterocycles. The van der Waals surface area contributed by atoms with Crippen LogP contribution in [0.1, 0.15) is 47.0 Å². The van der Waals surface area contributed by atoms with Gasteiger partial charge in [0.05, 0.1) is 12.0 Å². The predicted molar refractivity (Wildman–Crippen MR) is 92.6 cm³/mol. The Balaban J connectivity index is 4.49. The second-order valence-corrected chi connectivity index (χ2v) is 6.05. The second-order valence-electron chi connectivity index (χ2n) is 6.05. The monoisotopic (exact) mass is 327 g/mol. The molecule has 0 bridgehead atoms. The van der Waals surface area contributed by atoms with Crippen LogP contribution in [0.3, 0.4) is 0 Å². The fourth-order valence-electron chi connectivity index (χ4n) is 2.19. The number of nitrogens with one attached hydrogen (secondary N) is 3. The fourth-order valence-corrected chi connectivity index (χ4v) is 2.19. The van der Waals surface area contributed by atoms with E-state index in [0.29, 0.717) is 32.3 Å². The van der Waals surface area contributed by atoms with Gasteiger partial charge in [0, 0.05) is 32.0 Å². The van der Waals surface area contributed by atoms with Crippen molar-refractivity contribution in [1.29, 1.82) is 0 Å². The summed E-state index contributed by atoms with van der Waals surface area (Å²) in [6, 6.07) is -0.293. The Morgan fingerprint density at radius 3 is 2.26 bits per heavy atom. The molecule has 23 heavy (non-hydrogen) atoms. The highest BCUT2D eigenvalue weighted by Gasteiger charge is 2.25. The molecule has 0 heterocycles. The molecule has 0 saturated carbocycles. The summed E-state index contributed by atoms with van der Waals surface area (Å²) in [5.74, 6) is -0.858. The van der Waals surface area contributed by atoms with E-state index in [1.165, 1.54) is 0 Å². The molecule has 0 radical (unpaired) electrons. The maximum absolute atomic E-state index is 12.3. The molecule has 2 atom stereocenters. The van der Waals surface area contributed by atoms with Crippen molar-refractivity contribution in [2.75, 3.05) is 26.2 Å². The zero-order valence-corrected chi connectivity index (χ0v) is 15.0. The molecular weight excluding hydrogens is 294 g/mol. The first-order valence-corrected chi connectivity index (χ1v) is 8.64. The van der Waals surface area contributed by atoms with E-state index in [1.807, 2.05) is 20.8 Å². The molecule has 0 fully saturated rings. The third-order valence-electron chi connectivity index (χ3n) is 3.54. The number of hydrogen-bond donors (Lipinski definition) is 3. The van der Waals surface area contributed by atoms with E-state index in [4.69, 9.17) is 0 Å². The molecule has 0 aromatic carbocycles. The normalized spacial score (nSPS) is 13.8. The van der Waals surface area contributed by atoms with Crippen molar-refractivity contribution in [3.05, 3.63) is 0 Å². The highest BCUT2D eigenvalue weighted by Crippen LogP contribution is 2.05. The summed E-state index contributed by atoms with van der Waals surface area (Å²) in [7, 11) is 0. The Morgan fingerprint density at radius 2 is 1.74 bits per heavy atom. The second kappa shape index (κ2) is 13.3. The molecule has 6 heteroatoms. The third kappa shape index (κ3) is 10.3. The summed E-state index contributed by atoms with van der Waals surface area (Å²) < 4.78 is 0. The van der Waals surface area contributed by atoms with Crippen LogP contribution in [0.25, 0.3) is 0 Å². The molecule has 0 aromatic rings. The first kappa shape index (κ1) is 21.9. The van der Waals surface area contributed by atoms with Gasteiger partial charge in [-0.05, 0) is 19.5 Å². The van der Waals surface area contributed by atoms with E-state index >= 15 is 0 Å². The van der Waals surface area contributed by atoms with Crippen molar-refractivity contribution < 1.29 is 14.4 Å². The molecule has 0 aliphatic heterocycles. The minimum atomic E-state index is -0.690. The van der Waals surface area contributed by atoms with Gasteiger partial charge in [0.1, 0.15) is 12.1 Å². The van der Waals surface area contributed by atoms with E-state index in [0.717, 1.165) is 13.0 Å². The summed E-state index contributed by atoms with van der Waals surface area (Å²) in [6.45, 7) is 10.3. The lowest BCUT2D eigenvalue weighted by Crippen LogP contribution is -2.42. The van der Waals surface area contributed by atoms with Crippen molar-refractivity contribution in [1.82, 2.24) is 16.0 Å². The lowest BCUT2D eigenvalue weighted by molar-refractivity contribution is -0.130. The van der Waals surface area contributed by atoms with Crippen molar-refractivity contribution >= 4 is 17.9 Å². The first-order chi connectivity index (χ1) is 11.0. The fraction of sp³-hybridized carbons (Fsp3) is 0.824. The van der Waals surface area contributed by atoms with Crippen LogP contribution in [0.15, 0.2) is 0 Å². The Morgan fingerprint density at radius 1 is 1.04 bits per heavy atom. The lowest BCUT2D eigenvalue weighted by Gasteiger charge is -2.19. The van der Waals surface area contributed by atoms with Gasteiger partial charge >= 0.3 is 0 Å². The molecule has 0 spiro atoms. The van der Waals surface area contributed by atoms with Gasteiger partial charge in [-0.3, -0.25) is 9.59 Å². The molecule has 3 N–H and O–H groups in total. The molecule has 134 valence electrons. The molecule has 0 aliphatic rings. The zero-order chi connectivity index (χ0) is 17.7. The summed E-state index contributed by atoms with van der Waals surface area (Å²) in [5.41, 5.74) is 0. The number of Topliss-reactive ketones (excluding diaryl/α,β-unsaturated/α-hetero) is 2. The summed E-state index contributed by atoms with van der Waals surface area (Å²) in [6.07, 6.45) is 2.16. The number of aldehydes is 1. The molecule has 0 rings (SSSR count). The smallest absolute Gasteiger partial charge is 0.151 e. The van der Waals surface area contributed by atoms with E-state index in [1.54, 1.807) is 0 Å². The van der Waals surface area contributed by atoms with E-state index < -0.39 is 12.0 Å². The largest absolute Gasteiger partial charge is 0.316 e. The minimum absolute atomic E-state index is 0.0188. The average Bonchev–Trinajstić information content (AvgIpc) is 2.51. The lowest BCUT2D eigenvalue weighted by atomic mass is 9.96. The van der Waals surface area contributed by atoms with Gasteiger partial charge in [-0.25, -0.2) is 0 Å². The van der Waals surface area contributed by atoms with Gasteiger partial charge in [-0.2, -0.15) is 0 Å². The van der Waals surface area contributed by atoms with Crippen LogP contribution >= 0.6 is 0 Å². The Bertz CT molecular complexity index is 359. The third-order valence-corrected chi connectivity index (χ3v) is 3.54. The van der Waals surface area contributed by atoms with Crippen molar-refractivity contribution in [3.63, 3.8) is 0 Å². The average molecular weight is 327 g/mol. The van der Waals surface area contributed by atoms with Crippen molar-refractivity contribution in [2.24, 2.45) is 5.92 Å². The van der Waals surface area contributed by atoms with E-state index in [2.05, 4.69) is 22.9 Å². The molecule has 0 amide bonds. The maximum Gasteiger partial charge on any atom is 0.151 e. The molecular formula is C17H33N3O3. The van der Waals surface area contributed by atoms with Gasteiger partial charge in [-0.15, -0.1) is 0 Å². The van der Waals surface area contributed by atoms with Crippen LogP contribution in [0.5, 0.6) is 0 Å². The van der Waals surface area contributed by atoms with Gasteiger partial charge in [0.2, 0.25) is 0 Å². The van der Waals surface area contributed by atoms with E-state index in [-0.39, 0.29) is 24.0 Å². The SMILES string of the molecule is CCCNCCC(=O)C(CC(=O)C(C=O)CNC(C)C)NCC. The topological polar surface area (TPSA) is 87.3 Å². The zero-order valence-electron chi connectivity index (χ0n) is 15.0. The molecule has 6 nitrogen and oxygen atoms in total. The van der Waals surface area contributed by atoms with Crippen LogP contribution < -0.4 is 16.0 Å². The minimum Gasteiger partial charge on any atom is -0.316 e. The summed E-state index contributed by atoms with van der Waals surface area (Å²) >= 11 is 0. The van der Waals surface area contributed by atoms with E-state index in [9.17, 15) is 14.4 Å². The highest BCUT2D eigenvalue weighted by molar-refractivity contribution is 5.97. The quantitative estimate of drug-likeness (QED) is 0.233. The van der Waals surface area contributed by atoms with Crippen molar-refractivity contribution in [3.8, 4) is 0 Å². The highest BCUT2D eigenvalue weighted by atomic mass is 16.1. The number of hydrogen-bond acceptors (Lipinski definition) is 6. The molecule has 2 unspecified atom stereocenters. The number of ketones is 2. The van der Waals surface area contributed by atoms with Crippen LogP contribution in [-0.4, -0.2) is 56.1 Å². The van der Waals surface area contributed by atoms with Gasteiger partial charge in [0.25, 0.3) is 0 Å². The van der Waals surface area contributed by atoms with Gasteiger partial charge < -0.3 is 20.7 Å². The summed E-state index contributed by atoms with van der Waals surface area (Å²) in [4.78, 5) is 35.7. The van der Waals surface area contributed by atoms with Crippen LogP contribution in [0.2, 0.25) is 0 Å². The Kier molecular flexibility index (Phi) is 12.7. The van der Waals surface area contributed by atoms with Crippen LogP contribution in [0.4, 0.5) is 0 Å². The molecule has 0 aromatic heterocycles. The number of carbonyl (C=O) groups excluding carboxylic acids is 3. The standard InChI is InChI=1S/C17H33N3O3/c1-5-8-18-9-7-16(22)15(19-6-2)10-17(23)14(12-21)11-20-13(3)4/h12-15,18-20H,5-11H2,1-4H3. The number of likely N-dealkylation sites (N-methyl/N-ethyl adjacent to an activating group) is 1. The first-order valence-electron chi connectivity index (χ1n) is 8.64. The van der Waals surface area contributed by atoms with Gasteiger partial charge in [0.15, 0.2) is 5.78 Å². The maximum atomic E-state index is 12.3. The van der Waals surface area contributed by atoms with Crippen LogP contribution in [-0.2, 0) is 14.4 Å². The Labute approximate surface area is 140 Å². The summed E-state index contributed by atoms with van der Waals surface area (Å²) in [5, 5.41) is 9.34. The number of carbonyl (C=O) groups is 3. The predicted octanol–water partition coefficient (Wildman–Crippen LogP) is 0.696. The number of rotatable bonds is 15. The Hall–Kier alpha value is -1.11.